The molecule has 1 N–H and O–H groups in total. The number of aryl methyl sites for hydroxylation is 1. The van der Waals surface area contributed by atoms with E-state index in [2.05, 4.69) is 45.5 Å². The first kappa shape index (κ1) is 16.3. The minimum absolute atomic E-state index is 0.0915. The van der Waals surface area contributed by atoms with Crippen molar-refractivity contribution in [3.8, 4) is 0 Å². The molecule has 1 aromatic carbocycles. The molecule has 2 heterocycles. The number of piperazine rings is 1. The van der Waals surface area contributed by atoms with Gasteiger partial charge in [0, 0.05) is 38.4 Å². The summed E-state index contributed by atoms with van der Waals surface area (Å²) in [6.07, 6.45) is 7.73. The number of carbonyl (C=O) groups excluding carboxylic acids is 1. The van der Waals surface area contributed by atoms with Gasteiger partial charge in [-0.2, -0.15) is 0 Å². The first-order valence-electron chi connectivity index (χ1n) is 9.31. The fraction of sp³-hybridized carbons (Fsp3) is 0.429. The molecular formula is C21H25N3O. The van der Waals surface area contributed by atoms with Crippen LogP contribution in [0.1, 0.15) is 47.9 Å². The van der Waals surface area contributed by atoms with E-state index < -0.39 is 0 Å². The number of aromatic nitrogens is 1. The molecule has 1 fully saturated rings. The third-order valence-corrected chi connectivity index (χ3v) is 5.55. The Bertz CT molecular complexity index is 731. The molecule has 1 aliphatic carbocycles. The fourth-order valence-electron chi connectivity index (χ4n) is 4.27. The highest BCUT2D eigenvalue weighted by atomic mass is 16.2. The van der Waals surface area contributed by atoms with Gasteiger partial charge in [0.05, 0.1) is 6.04 Å². The Labute approximate surface area is 149 Å². The van der Waals surface area contributed by atoms with Gasteiger partial charge >= 0.3 is 0 Å². The van der Waals surface area contributed by atoms with Crippen molar-refractivity contribution < 1.29 is 4.79 Å². The van der Waals surface area contributed by atoms with Gasteiger partial charge in [-0.1, -0.05) is 30.3 Å². The lowest BCUT2D eigenvalue weighted by molar-refractivity contribution is -0.135. The Morgan fingerprint density at radius 2 is 2.16 bits per heavy atom. The van der Waals surface area contributed by atoms with E-state index in [-0.39, 0.29) is 11.9 Å². The molecule has 1 aliphatic heterocycles. The Kier molecular flexibility index (Phi) is 4.79. The van der Waals surface area contributed by atoms with Crippen LogP contribution in [-0.2, 0) is 11.2 Å². The summed E-state index contributed by atoms with van der Waals surface area (Å²) < 4.78 is 0. The molecule has 1 saturated heterocycles. The second-order valence-electron chi connectivity index (χ2n) is 7.09. The molecule has 0 spiro atoms. The standard InChI is InChI=1S/C21H25N3O/c25-21(13-17-7-3-6-16-5-1-2-9-19(16)17)24-12-11-23-15-20(24)18-8-4-10-22-14-18/h1-2,4-5,8-10,14,17,20,23H,3,6-7,11-13,15H2. The van der Waals surface area contributed by atoms with Crippen LogP contribution in [0.4, 0.5) is 0 Å². The number of fused-ring (bicyclic) bond motifs is 1. The number of rotatable bonds is 3. The summed E-state index contributed by atoms with van der Waals surface area (Å²) in [7, 11) is 0. The summed E-state index contributed by atoms with van der Waals surface area (Å²) in [5.74, 6) is 0.638. The van der Waals surface area contributed by atoms with Gasteiger partial charge in [0.1, 0.15) is 0 Å². The van der Waals surface area contributed by atoms with Crippen LogP contribution < -0.4 is 5.32 Å². The maximum absolute atomic E-state index is 13.1. The van der Waals surface area contributed by atoms with Crippen LogP contribution in [0.15, 0.2) is 48.8 Å². The van der Waals surface area contributed by atoms with Crippen molar-refractivity contribution in [2.45, 2.75) is 37.6 Å². The van der Waals surface area contributed by atoms with Crippen LogP contribution >= 0.6 is 0 Å². The van der Waals surface area contributed by atoms with Crippen LogP contribution in [-0.4, -0.2) is 35.4 Å². The molecule has 25 heavy (non-hydrogen) atoms. The lowest BCUT2D eigenvalue weighted by Gasteiger charge is -2.37. The summed E-state index contributed by atoms with van der Waals surface area (Å²) in [5, 5.41) is 3.42. The molecule has 1 aromatic heterocycles. The van der Waals surface area contributed by atoms with Crippen molar-refractivity contribution in [2.24, 2.45) is 0 Å². The van der Waals surface area contributed by atoms with E-state index in [0.717, 1.165) is 38.0 Å². The van der Waals surface area contributed by atoms with Crippen LogP contribution in [0.25, 0.3) is 0 Å². The maximum atomic E-state index is 13.1. The molecule has 1 amide bonds. The van der Waals surface area contributed by atoms with Crippen molar-refractivity contribution in [1.29, 1.82) is 0 Å². The molecular weight excluding hydrogens is 310 g/mol. The summed E-state index contributed by atoms with van der Waals surface area (Å²) >= 11 is 0. The SMILES string of the molecule is O=C(CC1CCCc2ccccc21)N1CCNCC1c1cccnc1. The minimum Gasteiger partial charge on any atom is -0.333 e. The van der Waals surface area contributed by atoms with Crippen molar-refractivity contribution in [1.82, 2.24) is 15.2 Å². The lowest BCUT2D eigenvalue weighted by Crippen LogP contribution is -2.49. The third kappa shape index (κ3) is 3.45. The van der Waals surface area contributed by atoms with E-state index in [0.29, 0.717) is 12.3 Å². The molecule has 0 saturated carbocycles. The highest BCUT2D eigenvalue weighted by Gasteiger charge is 2.30. The van der Waals surface area contributed by atoms with E-state index in [1.54, 1.807) is 6.20 Å². The van der Waals surface area contributed by atoms with Gasteiger partial charge < -0.3 is 10.2 Å². The smallest absolute Gasteiger partial charge is 0.223 e. The van der Waals surface area contributed by atoms with Gasteiger partial charge in [-0.3, -0.25) is 9.78 Å². The molecule has 0 bridgehead atoms. The van der Waals surface area contributed by atoms with Gasteiger partial charge in [-0.15, -0.1) is 0 Å². The Morgan fingerprint density at radius 1 is 1.24 bits per heavy atom. The average molecular weight is 335 g/mol. The summed E-state index contributed by atoms with van der Waals surface area (Å²) in [6, 6.07) is 12.7. The summed E-state index contributed by atoms with van der Waals surface area (Å²) in [6.45, 7) is 2.44. The number of carbonyl (C=O) groups is 1. The van der Waals surface area contributed by atoms with Crippen LogP contribution in [0.5, 0.6) is 0 Å². The molecule has 4 heteroatoms. The number of benzene rings is 1. The zero-order valence-corrected chi connectivity index (χ0v) is 14.5. The topological polar surface area (TPSA) is 45.2 Å². The van der Waals surface area contributed by atoms with Gasteiger partial charge in [0.25, 0.3) is 0 Å². The van der Waals surface area contributed by atoms with E-state index in [9.17, 15) is 4.79 Å². The van der Waals surface area contributed by atoms with Crippen LogP contribution in [0, 0.1) is 0 Å². The number of nitrogens with one attached hydrogen (secondary N) is 1. The largest absolute Gasteiger partial charge is 0.333 e. The number of amides is 1. The summed E-state index contributed by atoms with van der Waals surface area (Å²) in [5.41, 5.74) is 3.93. The molecule has 2 unspecified atom stereocenters. The zero-order chi connectivity index (χ0) is 17.1. The third-order valence-electron chi connectivity index (χ3n) is 5.55. The average Bonchev–Trinajstić information content (AvgIpc) is 2.69. The van der Waals surface area contributed by atoms with Gasteiger partial charge in [0.15, 0.2) is 0 Å². The molecule has 4 rings (SSSR count). The number of nitrogens with zero attached hydrogens (tertiary/aromatic N) is 2. The van der Waals surface area contributed by atoms with Crippen molar-refractivity contribution in [3.63, 3.8) is 0 Å². The molecule has 2 aromatic rings. The van der Waals surface area contributed by atoms with Gasteiger partial charge in [-0.25, -0.2) is 0 Å². The Balaban J connectivity index is 1.52. The quantitative estimate of drug-likeness (QED) is 0.938. The van der Waals surface area contributed by atoms with E-state index in [4.69, 9.17) is 0 Å². The van der Waals surface area contributed by atoms with Crippen LogP contribution in [0.3, 0.4) is 0 Å². The number of hydrogen-bond donors (Lipinski definition) is 1. The van der Waals surface area contributed by atoms with Gasteiger partial charge in [-0.05, 0) is 47.9 Å². The zero-order valence-electron chi connectivity index (χ0n) is 14.5. The molecule has 2 atom stereocenters. The predicted octanol–water partition coefficient (Wildman–Crippen LogP) is 3.06. The minimum atomic E-state index is 0.0915. The number of pyridine rings is 1. The molecule has 0 radical (unpaired) electrons. The predicted molar refractivity (Wildman–Crippen MR) is 98.3 cm³/mol. The molecule has 2 aliphatic rings. The van der Waals surface area contributed by atoms with Crippen molar-refractivity contribution in [3.05, 3.63) is 65.5 Å². The van der Waals surface area contributed by atoms with E-state index in [1.165, 1.54) is 17.5 Å². The van der Waals surface area contributed by atoms with E-state index >= 15 is 0 Å². The fourth-order valence-corrected chi connectivity index (χ4v) is 4.27. The van der Waals surface area contributed by atoms with Crippen LogP contribution in [0.2, 0.25) is 0 Å². The monoisotopic (exact) mass is 335 g/mol. The Morgan fingerprint density at radius 3 is 3.04 bits per heavy atom. The van der Waals surface area contributed by atoms with Crippen molar-refractivity contribution in [2.75, 3.05) is 19.6 Å². The maximum Gasteiger partial charge on any atom is 0.223 e. The second-order valence-corrected chi connectivity index (χ2v) is 7.09. The Hall–Kier alpha value is -2.20. The molecule has 4 nitrogen and oxygen atoms in total. The summed E-state index contributed by atoms with van der Waals surface area (Å²) in [4.78, 5) is 19.4. The highest BCUT2D eigenvalue weighted by Crippen LogP contribution is 2.35. The van der Waals surface area contributed by atoms with Gasteiger partial charge in [0.2, 0.25) is 5.91 Å². The highest BCUT2D eigenvalue weighted by molar-refractivity contribution is 5.78. The normalized spacial score (nSPS) is 23.1. The molecule has 130 valence electrons. The van der Waals surface area contributed by atoms with Crippen molar-refractivity contribution >= 4 is 5.91 Å². The first-order chi connectivity index (χ1) is 12.3. The second kappa shape index (κ2) is 7.36. The number of hydrogen-bond acceptors (Lipinski definition) is 3. The van der Waals surface area contributed by atoms with E-state index in [1.807, 2.05) is 12.3 Å². The first-order valence-corrected chi connectivity index (χ1v) is 9.31. The lowest BCUT2D eigenvalue weighted by atomic mass is 9.81.